The molecule has 2 rings (SSSR count). The minimum Gasteiger partial charge on any atom is -0.439 e. The highest BCUT2D eigenvalue weighted by Gasteiger charge is 2.06. The van der Waals surface area contributed by atoms with Gasteiger partial charge < -0.3 is 10.5 Å². The lowest BCUT2D eigenvalue weighted by molar-refractivity contribution is 0.461. The lowest BCUT2D eigenvalue weighted by Crippen LogP contribution is -2.05. The summed E-state index contributed by atoms with van der Waals surface area (Å²) in [4.78, 5) is 4.26. The maximum Gasteiger partial charge on any atom is 0.219 e. The average molecular weight is 321 g/mol. The smallest absolute Gasteiger partial charge is 0.219 e. The van der Waals surface area contributed by atoms with E-state index in [4.69, 9.17) is 10.5 Å². The third-order valence-corrected chi connectivity index (χ3v) is 4.17. The first-order chi connectivity index (χ1) is 8.97. The molecule has 0 unspecified atom stereocenters. The SMILES string of the molecule is Cc1cc(Oc2ccc([C@H](C)N)cn2)cc(C)c1Br. The Labute approximate surface area is 121 Å². The molecule has 1 aromatic carbocycles. The zero-order valence-corrected chi connectivity index (χ0v) is 12.9. The number of nitrogens with zero attached hydrogens (tertiary/aromatic N) is 1. The number of pyridine rings is 1. The van der Waals surface area contributed by atoms with Crippen LogP contribution in [0.2, 0.25) is 0 Å². The van der Waals surface area contributed by atoms with Crippen molar-refractivity contribution in [2.45, 2.75) is 26.8 Å². The third kappa shape index (κ3) is 3.33. The van der Waals surface area contributed by atoms with Gasteiger partial charge in [-0.3, -0.25) is 0 Å². The number of ether oxygens (including phenoxy) is 1. The molecule has 0 saturated carbocycles. The van der Waals surface area contributed by atoms with Gasteiger partial charge in [-0.2, -0.15) is 0 Å². The lowest BCUT2D eigenvalue weighted by atomic mass is 10.1. The Balaban J connectivity index is 2.21. The first kappa shape index (κ1) is 14.0. The van der Waals surface area contributed by atoms with Crippen LogP contribution in [0.3, 0.4) is 0 Å². The second-order valence-corrected chi connectivity index (χ2v) is 5.48. The second kappa shape index (κ2) is 5.72. The van der Waals surface area contributed by atoms with E-state index in [0.29, 0.717) is 5.88 Å². The first-order valence-electron chi connectivity index (χ1n) is 6.13. The Kier molecular flexibility index (Phi) is 4.22. The fraction of sp³-hybridized carbons (Fsp3) is 0.267. The van der Waals surface area contributed by atoms with Crippen molar-refractivity contribution in [2.24, 2.45) is 5.73 Å². The summed E-state index contributed by atoms with van der Waals surface area (Å²) in [6.07, 6.45) is 1.75. The molecule has 1 aromatic heterocycles. The maximum absolute atomic E-state index is 5.79. The molecular formula is C15H17BrN2O. The van der Waals surface area contributed by atoms with Gasteiger partial charge in [0, 0.05) is 22.8 Å². The van der Waals surface area contributed by atoms with E-state index in [1.54, 1.807) is 6.20 Å². The molecule has 100 valence electrons. The van der Waals surface area contributed by atoms with Crippen molar-refractivity contribution in [1.29, 1.82) is 0 Å². The number of benzene rings is 1. The number of halogens is 1. The summed E-state index contributed by atoms with van der Waals surface area (Å²) in [5.41, 5.74) is 9.06. The number of nitrogens with two attached hydrogens (primary N) is 1. The number of aryl methyl sites for hydroxylation is 2. The second-order valence-electron chi connectivity index (χ2n) is 4.69. The zero-order valence-electron chi connectivity index (χ0n) is 11.3. The molecule has 3 nitrogen and oxygen atoms in total. The zero-order chi connectivity index (χ0) is 14.0. The predicted octanol–water partition coefficient (Wildman–Crippen LogP) is 4.27. The number of hydrogen-bond acceptors (Lipinski definition) is 3. The number of rotatable bonds is 3. The maximum atomic E-state index is 5.79. The van der Waals surface area contributed by atoms with Gasteiger partial charge in [-0.05, 0) is 49.6 Å². The van der Waals surface area contributed by atoms with Crippen molar-refractivity contribution in [1.82, 2.24) is 4.98 Å². The fourth-order valence-corrected chi connectivity index (χ4v) is 2.04. The van der Waals surface area contributed by atoms with Crippen LogP contribution in [0.25, 0.3) is 0 Å². The van der Waals surface area contributed by atoms with Crippen LogP contribution in [0, 0.1) is 13.8 Å². The molecule has 0 aliphatic carbocycles. The third-order valence-electron chi connectivity index (χ3n) is 2.92. The summed E-state index contributed by atoms with van der Waals surface area (Å²) in [6.45, 7) is 6.01. The van der Waals surface area contributed by atoms with Gasteiger partial charge >= 0.3 is 0 Å². The Hall–Kier alpha value is -1.39. The van der Waals surface area contributed by atoms with Gasteiger partial charge in [0.2, 0.25) is 5.88 Å². The molecule has 0 fully saturated rings. The Morgan fingerprint density at radius 2 is 1.84 bits per heavy atom. The summed E-state index contributed by atoms with van der Waals surface area (Å²) in [6, 6.07) is 7.73. The number of hydrogen-bond donors (Lipinski definition) is 1. The van der Waals surface area contributed by atoms with Crippen molar-refractivity contribution in [3.8, 4) is 11.6 Å². The molecular weight excluding hydrogens is 304 g/mol. The van der Waals surface area contributed by atoms with Gasteiger partial charge in [-0.1, -0.05) is 22.0 Å². The Morgan fingerprint density at radius 1 is 1.21 bits per heavy atom. The van der Waals surface area contributed by atoms with Crippen LogP contribution >= 0.6 is 15.9 Å². The highest BCUT2D eigenvalue weighted by atomic mass is 79.9. The van der Waals surface area contributed by atoms with Gasteiger partial charge in [0.05, 0.1) is 0 Å². The van der Waals surface area contributed by atoms with E-state index in [1.165, 1.54) is 0 Å². The van der Waals surface area contributed by atoms with Gasteiger partial charge in [0.15, 0.2) is 0 Å². The van der Waals surface area contributed by atoms with E-state index in [1.807, 2.05) is 45.0 Å². The van der Waals surface area contributed by atoms with Crippen LogP contribution < -0.4 is 10.5 Å². The summed E-state index contributed by atoms with van der Waals surface area (Å²) >= 11 is 3.54. The highest BCUT2D eigenvalue weighted by Crippen LogP contribution is 2.28. The normalized spacial score (nSPS) is 12.3. The molecule has 2 aromatic rings. The largest absolute Gasteiger partial charge is 0.439 e. The molecule has 0 aliphatic rings. The monoisotopic (exact) mass is 320 g/mol. The molecule has 0 aliphatic heterocycles. The van der Waals surface area contributed by atoms with Gasteiger partial charge in [-0.25, -0.2) is 4.98 Å². The molecule has 2 N–H and O–H groups in total. The van der Waals surface area contributed by atoms with Crippen LogP contribution in [0.15, 0.2) is 34.9 Å². The van der Waals surface area contributed by atoms with E-state index in [-0.39, 0.29) is 6.04 Å². The van der Waals surface area contributed by atoms with E-state index in [0.717, 1.165) is 26.9 Å². The van der Waals surface area contributed by atoms with Crippen molar-refractivity contribution in [2.75, 3.05) is 0 Å². The Bertz CT molecular complexity index is 556. The van der Waals surface area contributed by atoms with Crippen LogP contribution in [-0.2, 0) is 0 Å². The summed E-state index contributed by atoms with van der Waals surface area (Å²) in [7, 11) is 0. The van der Waals surface area contributed by atoms with Gasteiger partial charge in [0.25, 0.3) is 0 Å². The van der Waals surface area contributed by atoms with Crippen molar-refractivity contribution in [3.63, 3.8) is 0 Å². The van der Waals surface area contributed by atoms with Gasteiger partial charge in [-0.15, -0.1) is 0 Å². The molecule has 1 atom stereocenters. The van der Waals surface area contributed by atoms with Gasteiger partial charge in [0.1, 0.15) is 5.75 Å². The summed E-state index contributed by atoms with van der Waals surface area (Å²) in [5.74, 6) is 1.37. The predicted molar refractivity (Wildman–Crippen MR) is 80.5 cm³/mol. The summed E-state index contributed by atoms with van der Waals surface area (Å²) < 4.78 is 6.87. The minimum atomic E-state index is -0.0151. The van der Waals surface area contributed by atoms with E-state index in [9.17, 15) is 0 Å². The van der Waals surface area contributed by atoms with Crippen molar-refractivity contribution >= 4 is 15.9 Å². The lowest BCUT2D eigenvalue weighted by Gasteiger charge is -2.10. The molecule has 0 saturated heterocycles. The average Bonchev–Trinajstić information content (AvgIpc) is 2.36. The standard InChI is InChI=1S/C15H17BrN2O/c1-9-6-13(7-10(2)15(9)16)19-14-5-4-12(8-18-14)11(3)17/h4-8,11H,17H2,1-3H3/t11-/m0/s1. The number of aromatic nitrogens is 1. The van der Waals surface area contributed by atoms with E-state index in [2.05, 4.69) is 20.9 Å². The molecule has 0 bridgehead atoms. The van der Waals surface area contributed by atoms with E-state index >= 15 is 0 Å². The molecule has 0 radical (unpaired) electrons. The van der Waals surface area contributed by atoms with Crippen molar-refractivity contribution < 1.29 is 4.74 Å². The minimum absolute atomic E-state index is 0.0151. The Morgan fingerprint density at radius 3 is 2.32 bits per heavy atom. The molecule has 4 heteroatoms. The van der Waals surface area contributed by atoms with E-state index < -0.39 is 0 Å². The molecule has 0 amide bonds. The van der Waals surface area contributed by atoms with Crippen LogP contribution in [-0.4, -0.2) is 4.98 Å². The van der Waals surface area contributed by atoms with Crippen LogP contribution in [0.5, 0.6) is 11.6 Å². The molecule has 19 heavy (non-hydrogen) atoms. The summed E-state index contributed by atoms with van der Waals surface area (Å²) in [5, 5.41) is 0. The highest BCUT2D eigenvalue weighted by molar-refractivity contribution is 9.10. The van der Waals surface area contributed by atoms with Crippen molar-refractivity contribution in [3.05, 3.63) is 51.6 Å². The quantitative estimate of drug-likeness (QED) is 0.918. The first-order valence-corrected chi connectivity index (χ1v) is 6.93. The fourth-order valence-electron chi connectivity index (χ4n) is 1.81. The topological polar surface area (TPSA) is 48.1 Å². The van der Waals surface area contributed by atoms with Crippen LogP contribution in [0.1, 0.15) is 29.7 Å². The van der Waals surface area contributed by atoms with Crippen LogP contribution in [0.4, 0.5) is 0 Å². The molecule has 1 heterocycles. The molecule has 0 spiro atoms.